The van der Waals surface area contributed by atoms with E-state index in [4.69, 9.17) is 11.1 Å². The van der Waals surface area contributed by atoms with Gasteiger partial charge in [0.25, 0.3) is 5.91 Å². The molecule has 39 heavy (non-hydrogen) atoms. The van der Waals surface area contributed by atoms with E-state index in [-0.39, 0.29) is 35.6 Å². The highest BCUT2D eigenvalue weighted by Crippen LogP contribution is 2.31. The SMILES string of the molecule is CCC(C(=O)O)N1CC(=O)N(Cc2ccc(F)cc2F)c2ccc(C=Cc3ccccc3C(=N)N)cc2C1=O. The molecule has 4 rings (SSSR count). The Bertz CT molecular complexity index is 1500. The molecule has 3 aromatic rings. The van der Waals surface area contributed by atoms with Crippen molar-refractivity contribution >= 4 is 41.5 Å². The molecule has 1 heterocycles. The van der Waals surface area contributed by atoms with Gasteiger partial charge in [-0.3, -0.25) is 15.0 Å². The van der Waals surface area contributed by atoms with Crippen LogP contribution in [0, 0.1) is 17.0 Å². The van der Waals surface area contributed by atoms with E-state index < -0.39 is 42.0 Å². The van der Waals surface area contributed by atoms with E-state index in [9.17, 15) is 28.3 Å². The predicted molar refractivity (Wildman–Crippen MR) is 143 cm³/mol. The van der Waals surface area contributed by atoms with E-state index in [2.05, 4.69) is 0 Å². The molecule has 0 aliphatic carbocycles. The molecule has 1 unspecified atom stereocenters. The number of nitrogens with zero attached hydrogens (tertiary/aromatic N) is 2. The van der Waals surface area contributed by atoms with Gasteiger partial charge in [0.15, 0.2) is 0 Å². The van der Waals surface area contributed by atoms with Crippen LogP contribution in [-0.4, -0.2) is 46.2 Å². The van der Waals surface area contributed by atoms with E-state index >= 15 is 0 Å². The first-order chi connectivity index (χ1) is 18.6. The molecule has 2 amide bonds. The topological polar surface area (TPSA) is 128 Å². The Balaban J connectivity index is 1.80. The molecule has 1 aliphatic rings. The lowest BCUT2D eigenvalue weighted by Crippen LogP contribution is -2.48. The third-order valence-corrected chi connectivity index (χ3v) is 6.51. The normalized spacial score (nSPS) is 14.3. The molecule has 0 fully saturated rings. The highest BCUT2D eigenvalue weighted by atomic mass is 19.1. The van der Waals surface area contributed by atoms with Gasteiger partial charge >= 0.3 is 5.97 Å². The first kappa shape index (κ1) is 27.2. The van der Waals surface area contributed by atoms with Crippen molar-refractivity contribution < 1.29 is 28.3 Å². The van der Waals surface area contributed by atoms with Gasteiger partial charge in [0.05, 0.1) is 17.8 Å². The minimum absolute atomic E-state index is 0.0340. The maximum absolute atomic E-state index is 14.5. The van der Waals surface area contributed by atoms with Crippen LogP contribution in [0.25, 0.3) is 12.2 Å². The fraction of sp³-hybridized carbons (Fsp3) is 0.172. The Morgan fingerprint density at radius 1 is 1.10 bits per heavy atom. The highest BCUT2D eigenvalue weighted by Gasteiger charge is 2.37. The van der Waals surface area contributed by atoms with Crippen molar-refractivity contribution in [2.45, 2.75) is 25.9 Å². The van der Waals surface area contributed by atoms with Crippen molar-refractivity contribution in [3.8, 4) is 0 Å². The summed E-state index contributed by atoms with van der Waals surface area (Å²) in [6, 6.07) is 13.5. The summed E-state index contributed by atoms with van der Waals surface area (Å²) in [4.78, 5) is 41.1. The second-order valence-corrected chi connectivity index (χ2v) is 9.02. The summed E-state index contributed by atoms with van der Waals surface area (Å²) in [7, 11) is 0. The summed E-state index contributed by atoms with van der Waals surface area (Å²) >= 11 is 0. The fourth-order valence-electron chi connectivity index (χ4n) is 4.50. The number of halogens is 2. The molecule has 0 saturated carbocycles. The number of nitrogens with one attached hydrogen (secondary N) is 1. The van der Waals surface area contributed by atoms with Gasteiger partial charge in [0, 0.05) is 17.2 Å². The van der Waals surface area contributed by atoms with Crippen molar-refractivity contribution in [2.75, 3.05) is 11.4 Å². The minimum Gasteiger partial charge on any atom is -0.480 e. The number of carbonyl (C=O) groups is 3. The quantitative estimate of drug-likeness (QED) is 0.227. The van der Waals surface area contributed by atoms with Crippen molar-refractivity contribution in [2.24, 2.45) is 5.73 Å². The van der Waals surface area contributed by atoms with Gasteiger partial charge in [-0.15, -0.1) is 0 Å². The van der Waals surface area contributed by atoms with E-state index in [0.717, 1.165) is 11.0 Å². The first-order valence-electron chi connectivity index (χ1n) is 12.1. The van der Waals surface area contributed by atoms with Crippen LogP contribution in [0.3, 0.4) is 0 Å². The fourth-order valence-corrected chi connectivity index (χ4v) is 4.50. The van der Waals surface area contributed by atoms with Crippen molar-refractivity contribution in [3.63, 3.8) is 0 Å². The lowest BCUT2D eigenvalue weighted by molar-refractivity contribution is -0.142. The predicted octanol–water partition coefficient (Wildman–Crippen LogP) is 4.27. The molecule has 0 spiro atoms. The summed E-state index contributed by atoms with van der Waals surface area (Å²) in [6.45, 7) is 0.780. The van der Waals surface area contributed by atoms with E-state index in [1.54, 1.807) is 49.4 Å². The van der Waals surface area contributed by atoms with Crippen molar-refractivity contribution in [1.29, 1.82) is 5.41 Å². The van der Waals surface area contributed by atoms with Gasteiger partial charge in [-0.05, 0) is 35.7 Å². The lowest BCUT2D eigenvalue weighted by atomic mass is 10.0. The zero-order valence-electron chi connectivity index (χ0n) is 21.0. The second kappa shape index (κ2) is 11.3. The van der Waals surface area contributed by atoms with Gasteiger partial charge in [-0.25, -0.2) is 13.6 Å². The van der Waals surface area contributed by atoms with Crippen LogP contribution in [0.2, 0.25) is 0 Å². The Morgan fingerprint density at radius 2 is 1.85 bits per heavy atom. The van der Waals surface area contributed by atoms with Gasteiger partial charge < -0.3 is 20.6 Å². The molecular weight excluding hydrogens is 506 g/mol. The molecule has 0 saturated heterocycles. The number of hydrogen-bond acceptors (Lipinski definition) is 4. The smallest absolute Gasteiger partial charge is 0.326 e. The lowest BCUT2D eigenvalue weighted by Gasteiger charge is -2.26. The Labute approximate surface area is 223 Å². The number of carboxylic acid groups (broad SMARTS) is 1. The number of anilines is 1. The number of rotatable bonds is 8. The van der Waals surface area contributed by atoms with E-state index in [0.29, 0.717) is 22.8 Å². The molecular formula is C29H26F2N4O4. The number of hydrogen-bond donors (Lipinski definition) is 3. The van der Waals surface area contributed by atoms with Crippen LogP contribution in [0.15, 0.2) is 60.7 Å². The molecule has 4 N–H and O–H groups in total. The van der Waals surface area contributed by atoms with Gasteiger partial charge in [0.1, 0.15) is 30.1 Å². The number of amides is 2. The zero-order chi connectivity index (χ0) is 28.3. The number of carbonyl (C=O) groups excluding carboxylic acids is 2. The standard InChI is InChI=1S/C29H26F2N4O4/c1-2-24(29(38)39)35-16-26(36)34(15-19-10-11-20(30)14-23(19)31)25-12-8-17(13-22(25)28(35)37)7-9-18-5-3-4-6-21(18)27(32)33/h3-14,24H,2,15-16H2,1H3,(H3,32,33)(H,38,39). The number of amidine groups is 1. The highest BCUT2D eigenvalue weighted by molar-refractivity contribution is 6.11. The first-order valence-corrected chi connectivity index (χ1v) is 12.1. The van der Waals surface area contributed by atoms with Crippen molar-refractivity contribution in [1.82, 2.24) is 4.90 Å². The van der Waals surface area contributed by atoms with Crippen LogP contribution in [-0.2, 0) is 16.1 Å². The Kier molecular flexibility index (Phi) is 7.85. The van der Waals surface area contributed by atoms with Crippen molar-refractivity contribution in [3.05, 3.63) is 100 Å². The summed E-state index contributed by atoms with van der Waals surface area (Å²) in [5.74, 6) is -4.24. The monoisotopic (exact) mass is 532 g/mol. The van der Waals surface area contributed by atoms with Gasteiger partial charge in [0.2, 0.25) is 5.91 Å². The average molecular weight is 533 g/mol. The summed E-state index contributed by atoms with van der Waals surface area (Å²) in [5.41, 5.74) is 7.70. The number of fused-ring (bicyclic) bond motifs is 1. The van der Waals surface area contributed by atoms with Crippen LogP contribution in [0.4, 0.5) is 14.5 Å². The summed E-state index contributed by atoms with van der Waals surface area (Å²) in [6.07, 6.45) is 3.49. The number of nitrogen functional groups attached to an aromatic ring is 1. The number of benzene rings is 3. The summed E-state index contributed by atoms with van der Waals surface area (Å²) < 4.78 is 28.0. The van der Waals surface area contributed by atoms with E-state index in [1.807, 2.05) is 0 Å². The molecule has 200 valence electrons. The van der Waals surface area contributed by atoms with Crippen LogP contribution < -0.4 is 10.6 Å². The molecule has 1 atom stereocenters. The van der Waals surface area contributed by atoms with Gasteiger partial charge in [-0.2, -0.15) is 0 Å². The second-order valence-electron chi connectivity index (χ2n) is 9.02. The molecule has 1 aliphatic heterocycles. The van der Waals surface area contributed by atoms with E-state index in [1.165, 1.54) is 23.1 Å². The third kappa shape index (κ3) is 5.69. The summed E-state index contributed by atoms with van der Waals surface area (Å²) in [5, 5.41) is 17.5. The largest absolute Gasteiger partial charge is 0.480 e. The average Bonchev–Trinajstić information content (AvgIpc) is 2.99. The molecule has 0 aromatic heterocycles. The Hall–Kier alpha value is -4.86. The molecule has 0 bridgehead atoms. The zero-order valence-corrected chi connectivity index (χ0v) is 21.0. The molecule has 10 heteroatoms. The van der Waals surface area contributed by atoms with Gasteiger partial charge in [-0.1, -0.05) is 55.5 Å². The molecule has 8 nitrogen and oxygen atoms in total. The third-order valence-electron chi connectivity index (χ3n) is 6.51. The molecule has 0 radical (unpaired) electrons. The van der Waals surface area contributed by atoms with Crippen LogP contribution >= 0.6 is 0 Å². The maximum atomic E-state index is 14.5. The number of aliphatic carboxylic acids is 1. The minimum atomic E-state index is -1.25. The van der Waals surface area contributed by atoms with Crippen LogP contribution in [0.1, 0.15) is 46.0 Å². The number of nitrogens with two attached hydrogens (primary N) is 1. The maximum Gasteiger partial charge on any atom is 0.326 e. The molecule has 3 aromatic carbocycles. The van der Waals surface area contributed by atoms with Crippen LogP contribution in [0.5, 0.6) is 0 Å². The Morgan fingerprint density at radius 3 is 2.51 bits per heavy atom. The number of carboxylic acids is 1.